The van der Waals surface area contributed by atoms with Crippen LogP contribution in [-0.4, -0.2) is 44.7 Å². The molecule has 110 valence electrons. The van der Waals surface area contributed by atoms with Crippen LogP contribution in [0.15, 0.2) is 6.20 Å². The summed E-state index contributed by atoms with van der Waals surface area (Å²) in [6.45, 7) is -0.00796. The van der Waals surface area contributed by atoms with Crippen LogP contribution in [0.5, 0.6) is 0 Å². The number of methoxy groups -OCH3 is 1. The maximum atomic E-state index is 11.8. The highest BCUT2D eigenvalue weighted by Gasteiger charge is 2.38. The van der Waals surface area contributed by atoms with Crippen molar-refractivity contribution in [2.45, 2.75) is 44.4 Å². The minimum Gasteiger partial charge on any atom is -0.480 e. The van der Waals surface area contributed by atoms with Gasteiger partial charge in [-0.1, -0.05) is 5.21 Å². The molecule has 1 saturated carbocycles. The monoisotopic (exact) mass is 282 g/mol. The topological polar surface area (TPSA) is 106 Å². The van der Waals surface area contributed by atoms with Gasteiger partial charge in [-0.2, -0.15) is 0 Å². The fourth-order valence-corrected chi connectivity index (χ4v) is 2.20. The number of aliphatic carboxylic acids is 1. The van der Waals surface area contributed by atoms with Crippen LogP contribution in [0.2, 0.25) is 0 Å². The van der Waals surface area contributed by atoms with E-state index in [4.69, 9.17) is 9.84 Å². The Morgan fingerprint density at radius 3 is 2.85 bits per heavy atom. The van der Waals surface area contributed by atoms with Gasteiger partial charge in [0.15, 0.2) is 0 Å². The fraction of sp³-hybridized carbons (Fsp3) is 0.667. The minimum absolute atomic E-state index is 0.0978. The highest BCUT2D eigenvalue weighted by atomic mass is 16.5. The molecule has 0 aromatic carbocycles. The summed E-state index contributed by atoms with van der Waals surface area (Å²) < 4.78 is 6.60. The van der Waals surface area contributed by atoms with Crippen LogP contribution in [-0.2, 0) is 27.4 Å². The van der Waals surface area contributed by atoms with Crippen molar-refractivity contribution in [3.8, 4) is 0 Å². The molecule has 20 heavy (non-hydrogen) atoms. The van der Waals surface area contributed by atoms with E-state index in [0.29, 0.717) is 12.1 Å². The van der Waals surface area contributed by atoms with Gasteiger partial charge in [-0.25, -0.2) is 4.68 Å². The van der Waals surface area contributed by atoms with Gasteiger partial charge in [-0.3, -0.25) is 9.59 Å². The van der Waals surface area contributed by atoms with E-state index in [1.165, 1.54) is 10.9 Å². The molecular weight excluding hydrogens is 264 g/mol. The molecule has 0 atom stereocenters. The maximum Gasteiger partial charge on any atom is 0.325 e. The van der Waals surface area contributed by atoms with E-state index in [9.17, 15) is 9.59 Å². The van der Waals surface area contributed by atoms with Crippen molar-refractivity contribution >= 4 is 11.9 Å². The van der Waals surface area contributed by atoms with Crippen LogP contribution < -0.4 is 5.32 Å². The molecule has 1 heterocycles. The van der Waals surface area contributed by atoms with E-state index < -0.39 is 5.97 Å². The summed E-state index contributed by atoms with van der Waals surface area (Å²) in [6, 6.07) is 0. The predicted molar refractivity (Wildman–Crippen MR) is 67.7 cm³/mol. The first-order chi connectivity index (χ1) is 9.53. The van der Waals surface area contributed by atoms with Crippen LogP contribution in [0.1, 0.15) is 31.4 Å². The maximum absolute atomic E-state index is 11.8. The minimum atomic E-state index is -0.988. The zero-order valence-corrected chi connectivity index (χ0v) is 11.3. The number of amides is 1. The zero-order valence-electron chi connectivity index (χ0n) is 11.3. The number of nitrogens with zero attached hydrogens (tertiary/aromatic N) is 3. The van der Waals surface area contributed by atoms with E-state index in [1.807, 2.05) is 0 Å². The smallest absolute Gasteiger partial charge is 0.325 e. The van der Waals surface area contributed by atoms with Crippen molar-refractivity contribution in [3.05, 3.63) is 11.9 Å². The second-order valence-corrected chi connectivity index (χ2v) is 5.00. The number of aromatic nitrogens is 3. The normalized spacial score (nSPS) is 16.4. The van der Waals surface area contributed by atoms with Crippen molar-refractivity contribution in [1.82, 2.24) is 20.3 Å². The third-order valence-electron chi connectivity index (χ3n) is 3.53. The average molecular weight is 282 g/mol. The number of hydrogen-bond donors (Lipinski definition) is 2. The molecule has 1 aromatic rings. The van der Waals surface area contributed by atoms with Gasteiger partial charge in [0, 0.05) is 7.11 Å². The third-order valence-corrected chi connectivity index (χ3v) is 3.53. The summed E-state index contributed by atoms with van der Waals surface area (Å²) in [5, 5.41) is 18.8. The summed E-state index contributed by atoms with van der Waals surface area (Å²) in [4.78, 5) is 22.3. The van der Waals surface area contributed by atoms with Gasteiger partial charge in [0.25, 0.3) is 0 Å². The number of hydrogen-bond acceptors (Lipinski definition) is 5. The van der Waals surface area contributed by atoms with Gasteiger partial charge < -0.3 is 15.2 Å². The fourth-order valence-electron chi connectivity index (χ4n) is 2.20. The van der Waals surface area contributed by atoms with Crippen LogP contribution in [0.3, 0.4) is 0 Å². The van der Waals surface area contributed by atoms with Gasteiger partial charge >= 0.3 is 5.97 Å². The summed E-state index contributed by atoms with van der Waals surface area (Å²) in [7, 11) is 1.63. The lowest BCUT2D eigenvalue weighted by Crippen LogP contribution is -2.43. The van der Waals surface area contributed by atoms with E-state index in [2.05, 4.69) is 15.6 Å². The van der Waals surface area contributed by atoms with Gasteiger partial charge in [0.1, 0.15) is 12.2 Å². The van der Waals surface area contributed by atoms with Crippen LogP contribution in [0, 0.1) is 0 Å². The Kier molecular flexibility index (Phi) is 4.33. The molecule has 1 fully saturated rings. The Balaban J connectivity index is 1.78. The number of carboxylic acid groups (broad SMARTS) is 1. The van der Waals surface area contributed by atoms with Crippen LogP contribution in [0.25, 0.3) is 0 Å². The van der Waals surface area contributed by atoms with E-state index in [1.54, 1.807) is 7.11 Å². The first kappa shape index (κ1) is 14.4. The number of carbonyl (C=O) groups is 2. The van der Waals surface area contributed by atoms with Crippen molar-refractivity contribution in [2.24, 2.45) is 0 Å². The van der Waals surface area contributed by atoms with Crippen molar-refractivity contribution in [1.29, 1.82) is 0 Å². The lowest BCUT2D eigenvalue weighted by Gasteiger charge is -2.39. The van der Waals surface area contributed by atoms with Crippen LogP contribution >= 0.6 is 0 Å². The summed E-state index contributed by atoms with van der Waals surface area (Å²) >= 11 is 0. The molecule has 0 aliphatic heterocycles. The Hall–Kier alpha value is -1.96. The SMILES string of the molecule is COC1(CC(=O)NCc2cn(CC(=O)O)nn2)CCC1. The summed E-state index contributed by atoms with van der Waals surface area (Å²) in [6.07, 6.45) is 4.75. The molecule has 2 N–H and O–H groups in total. The van der Waals surface area contributed by atoms with Gasteiger partial charge in [0.2, 0.25) is 5.91 Å². The Morgan fingerprint density at radius 2 is 2.30 bits per heavy atom. The van der Waals surface area contributed by atoms with E-state index >= 15 is 0 Å². The molecule has 0 unspecified atom stereocenters. The molecular formula is C12H18N4O4. The predicted octanol–water partition coefficient (Wildman–Crippen LogP) is -0.0619. The number of rotatable bonds is 7. The molecule has 1 aliphatic carbocycles. The second-order valence-electron chi connectivity index (χ2n) is 5.00. The third kappa shape index (κ3) is 3.53. The zero-order chi connectivity index (χ0) is 14.6. The summed E-state index contributed by atoms with van der Waals surface area (Å²) in [5.41, 5.74) is 0.227. The molecule has 0 radical (unpaired) electrons. The highest BCUT2D eigenvalue weighted by molar-refractivity contribution is 5.77. The standard InChI is InChI=1S/C12H18N4O4/c1-20-12(3-2-4-12)5-10(17)13-6-9-7-16(15-14-9)8-11(18)19/h7H,2-6,8H2,1H3,(H,13,17)(H,18,19). The quantitative estimate of drug-likeness (QED) is 0.725. The number of carboxylic acids is 1. The molecule has 0 saturated heterocycles. The molecule has 1 aromatic heterocycles. The van der Waals surface area contributed by atoms with Crippen molar-refractivity contribution in [3.63, 3.8) is 0 Å². The average Bonchev–Trinajstić information content (AvgIpc) is 2.78. The van der Waals surface area contributed by atoms with Gasteiger partial charge in [-0.15, -0.1) is 5.10 Å². The Bertz CT molecular complexity index is 490. The van der Waals surface area contributed by atoms with Crippen LogP contribution in [0.4, 0.5) is 0 Å². The first-order valence-corrected chi connectivity index (χ1v) is 6.46. The number of carbonyl (C=O) groups excluding carboxylic acids is 1. The number of nitrogens with one attached hydrogen (secondary N) is 1. The lowest BCUT2D eigenvalue weighted by atomic mass is 9.77. The first-order valence-electron chi connectivity index (χ1n) is 6.46. The number of ether oxygens (including phenoxy) is 1. The molecule has 8 heteroatoms. The molecule has 0 bridgehead atoms. The van der Waals surface area contributed by atoms with E-state index in [-0.39, 0.29) is 24.6 Å². The largest absolute Gasteiger partial charge is 0.480 e. The Morgan fingerprint density at radius 1 is 1.55 bits per heavy atom. The molecule has 1 amide bonds. The van der Waals surface area contributed by atoms with Crippen molar-refractivity contribution in [2.75, 3.05) is 7.11 Å². The highest BCUT2D eigenvalue weighted by Crippen LogP contribution is 2.37. The van der Waals surface area contributed by atoms with E-state index in [0.717, 1.165) is 19.3 Å². The van der Waals surface area contributed by atoms with Gasteiger partial charge in [-0.05, 0) is 19.3 Å². The van der Waals surface area contributed by atoms with Gasteiger partial charge in [0.05, 0.1) is 24.8 Å². The lowest BCUT2D eigenvalue weighted by molar-refractivity contribution is -0.138. The summed E-state index contributed by atoms with van der Waals surface area (Å²) in [5.74, 6) is -1.09. The molecule has 0 spiro atoms. The molecule has 1 aliphatic rings. The Labute approximate surface area is 116 Å². The van der Waals surface area contributed by atoms with Crippen molar-refractivity contribution < 1.29 is 19.4 Å². The molecule has 8 nitrogen and oxygen atoms in total. The second kappa shape index (κ2) is 6.00. The molecule has 2 rings (SSSR count).